The van der Waals surface area contributed by atoms with Crippen LogP contribution in [0.25, 0.3) is 0 Å². The number of hydrogen-bond acceptors (Lipinski definition) is 2. The zero-order valence-electron chi connectivity index (χ0n) is 10.5. The fourth-order valence-corrected chi connectivity index (χ4v) is 3.27. The van der Waals surface area contributed by atoms with Crippen molar-refractivity contribution in [2.24, 2.45) is 5.92 Å². The number of halogens is 1. The summed E-state index contributed by atoms with van der Waals surface area (Å²) in [7, 11) is 0. The number of anilines is 1. The third-order valence-corrected chi connectivity index (χ3v) is 4.66. The largest absolute Gasteiger partial charge is 0.396 e. The van der Waals surface area contributed by atoms with E-state index in [2.05, 4.69) is 52.9 Å². The van der Waals surface area contributed by atoms with Crippen LogP contribution in [0.15, 0.2) is 28.7 Å². The van der Waals surface area contributed by atoms with Gasteiger partial charge >= 0.3 is 0 Å². The lowest BCUT2D eigenvalue weighted by atomic mass is 9.79. The van der Waals surface area contributed by atoms with E-state index in [0.717, 1.165) is 23.9 Å². The van der Waals surface area contributed by atoms with E-state index in [-0.39, 0.29) is 12.1 Å². The molecule has 1 aromatic rings. The Bertz CT molecular complexity index is 392. The maximum absolute atomic E-state index is 9.52. The highest BCUT2D eigenvalue weighted by Gasteiger charge is 2.38. The molecule has 1 atom stereocenters. The van der Waals surface area contributed by atoms with Crippen LogP contribution in [0, 0.1) is 5.92 Å². The molecule has 1 unspecified atom stereocenters. The number of nitrogens with zero attached hydrogens (tertiary/aromatic N) is 1. The van der Waals surface area contributed by atoms with Crippen LogP contribution in [0.1, 0.15) is 26.7 Å². The zero-order valence-corrected chi connectivity index (χ0v) is 12.1. The quantitative estimate of drug-likeness (QED) is 0.904. The third-order valence-electron chi connectivity index (χ3n) is 3.99. The van der Waals surface area contributed by atoms with Crippen LogP contribution < -0.4 is 4.90 Å². The first kappa shape index (κ1) is 12.9. The predicted molar refractivity (Wildman–Crippen MR) is 75.4 cm³/mol. The SMILES string of the molecule is CC1(C)C(CO)CCCN1c1ccccc1Br. The van der Waals surface area contributed by atoms with Crippen molar-refractivity contribution in [1.82, 2.24) is 0 Å². The summed E-state index contributed by atoms with van der Waals surface area (Å²) in [6, 6.07) is 8.33. The fraction of sp³-hybridized carbons (Fsp3) is 0.571. The Hall–Kier alpha value is -0.540. The number of aliphatic hydroxyl groups excluding tert-OH is 1. The first-order valence-electron chi connectivity index (χ1n) is 6.20. The van der Waals surface area contributed by atoms with Crippen LogP contribution in [0.2, 0.25) is 0 Å². The van der Waals surface area contributed by atoms with Gasteiger partial charge in [0.1, 0.15) is 0 Å². The Morgan fingerprint density at radius 2 is 2.12 bits per heavy atom. The lowest BCUT2D eigenvalue weighted by molar-refractivity contribution is 0.135. The highest BCUT2D eigenvalue weighted by Crippen LogP contribution is 2.39. The van der Waals surface area contributed by atoms with Gasteiger partial charge in [-0.05, 0) is 54.8 Å². The summed E-state index contributed by atoms with van der Waals surface area (Å²) in [5.74, 6) is 0.350. The van der Waals surface area contributed by atoms with E-state index in [9.17, 15) is 5.11 Å². The minimum Gasteiger partial charge on any atom is -0.396 e. The van der Waals surface area contributed by atoms with E-state index < -0.39 is 0 Å². The molecular weight excluding hydrogens is 278 g/mol. The van der Waals surface area contributed by atoms with Gasteiger partial charge in [-0.2, -0.15) is 0 Å². The standard InChI is InChI=1S/C14H20BrNO/c1-14(2)11(10-17)6-5-9-16(14)13-8-4-3-7-12(13)15/h3-4,7-8,11,17H,5-6,9-10H2,1-2H3. The molecule has 0 aromatic heterocycles. The molecule has 0 spiro atoms. The smallest absolute Gasteiger partial charge is 0.0515 e. The summed E-state index contributed by atoms with van der Waals surface area (Å²) in [5.41, 5.74) is 1.24. The van der Waals surface area contributed by atoms with Crippen LogP contribution in [0.4, 0.5) is 5.69 Å². The van der Waals surface area contributed by atoms with E-state index in [1.165, 1.54) is 5.69 Å². The molecular formula is C14H20BrNO. The first-order chi connectivity index (χ1) is 8.07. The molecule has 17 heavy (non-hydrogen) atoms. The first-order valence-corrected chi connectivity index (χ1v) is 6.99. The maximum Gasteiger partial charge on any atom is 0.0515 e. The van der Waals surface area contributed by atoms with Crippen molar-refractivity contribution in [2.75, 3.05) is 18.1 Å². The van der Waals surface area contributed by atoms with Gasteiger partial charge < -0.3 is 10.0 Å². The number of aliphatic hydroxyl groups is 1. The third kappa shape index (κ3) is 2.36. The maximum atomic E-state index is 9.52. The predicted octanol–water partition coefficient (Wildman–Crippen LogP) is 3.44. The minimum atomic E-state index is 0.0108. The van der Waals surface area contributed by atoms with Crippen LogP contribution in [0.3, 0.4) is 0 Å². The molecule has 0 amide bonds. The highest BCUT2D eigenvalue weighted by molar-refractivity contribution is 9.10. The van der Waals surface area contributed by atoms with Gasteiger partial charge in [0, 0.05) is 29.1 Å². The summed E-state index contributed by atoms with van der Waals surface area (Å²) in [5, 5.41) is 9.52. The fourth-order valence-electron chi connectivity index (χ4n) is 2.77. The van der Waals surface area contributed by atoms with Crippen molar-refractivity contribution in [3.8, 4) is 0 Å². The molecule has 1 aliphatic rings. The Balaban J connectivity index is 2.34. The number of rotatable bonds is 2. The molecule has 1 saturated heterocycles. The number of hydrogen-bond donors (Lipinski definition) is 1. The topological polar surface area (TPSA) is 23.5 Å². The summed E-state index contributed by atoms with van der Waals surface area (Å²) < 4.78 is 1.13. The molecule has 2 rings (SSSR count). The molecule has 1 aromatic carbocycles. The van der Waals surface area contributed by atoms with Crippen LogP contribution in [0.5, 0.6) is 0 Å². The zero-order chi connectivity index (χ0) is 12.5. The molecule has 0 saturated carbocycles. The second-order valence-electron chi connectivity index (χ2n) is 5.28. The Kier molecular flexibility index (Phi) is 3.79. The molecule has 0 radical (unpaired) electrons. The molecule has 1 N–H and O–H groups in total. The van der Waals surface area contributed by atoms with Crippen molar-refractivity contribution in [2.45, 2.75) is 32.2 Å². The van der Waals surface area contributed by atoms with Crippen molar-refractivity contribution in [3.05, 3.63) is 28.7 Å². The van der Waals surface area contributed by atoms with Gasteiger partial charge in [-0.3, -0.25) is 0 Å². The Morgan fingerprint density at radius 3 is 2.76 bits per heavy atom. The molecule has 0 bridgehead atoms. The van der Waals surface area contributed by atoms with Crippen LogP contribution >= 0.6 is 15.9 Å². The van der Waals surface area contributed by atoms with Gasteiger partial charge in [0.2, 0.25) is 0 Å². The summed E-state index contributed by atoms with van der Waals surface area (Å²) in [6.45, 7) is 5.79. The van der Waals surface area contributed by atoms with Crippen LogP contribution in [-0.4, -0.2) is 23.8 Å². The Labute approximate surface area is 112 Å². The number of piperidine rings is 1. The van der Waals surface area contributed by atoms with E-state index in [1.54, 1.807) is 0 Å². The van der Waals surface area contributed by atoms with Crippen molar-refractivity contribution >= 4 is 21.6 Å². The van der Waals surface area contributed by atoms with Crippen molar-refractivity contribution in [3.63, 3.8) is 0 Å². The average Bonchev–Trinajstić information content (AvgIpc) is 2.30. The summed E-state index contributed by atoms with van der Waals surface area (Å²) >= 11 is 3.62. The molecule has 1 heterocycles. The highest BCUT2D eigenvalue weighted by atomic mass is 79.9. The van der Waals surface area contributed by atoms with Crippen molar-refractivity contribution in [1.29, 1.82) is 0 Å². The molecule has 1 fully saturated rings. The van der Waals surface area contributed by atoms with Crippen molar-refractivity contribution < 1.29 is 5.11 Å². The monoisotopic (exact) mass is 297 g/mol. The number of para-hydroxylation sites is 1. The lowest BCUT2D eigenvalue weighted by Gasteiger charge is -2.49. The average molecular weight is 298 g/mol. The van der Waals surface area contributed by atoms with E-state index in [4.69, 9.17) is 0 Å². The molecule has 1 aliphatic heterocycles. The minimum absolute atomic E-state index is 0.0108. The van der Waals surface area contributed by atoms with Gasteiger partial charge in [-0.1, -0.05) is 12.1 Å². The normalized spacial score (nSPS) is 23.8. The van der Waals surface area contributed by atoms with Gasteiger partial charge in [-0.25, -0.2) is 0 Å². The van der Waals surface area contributed by atoms with Crippen LogP contribution in [-0.2, 0) is 0 Å². The number of benzene rings is 1. The molecule has 3 heteroatoms. The van der Waals surface area contributed by atoms with Gasteiger partial charge in [0.25, 0.3) is 0 Å². The van der Waals surface area contributed by atoms with E-state index >= 15 is 0 Å². The second kappa shape index (κ2) is 4.99. The summed E-state index contributed by atoms with van der Waals surface area (Å²) in [6.07, 6.45) is 2.26. The van der Waals surface area contributed by atoms with Gasteiger partial charge in [-0.15, -0.1) is 0 Å². The summed E-state index contributed by atoms with van der Waals surface area (Å²) in [4.78, 5) is 2.42. The molecule has 94 valence electrons. The van der Waals surface area contributed by atoms with E-state index in [1.807, 2.05) is 6.07 Å². The second-order valence-corrected chi connectivity index (χ2v) is 6.13. The van der Waals surface area contributed by atoms with Gasteiger partial charge in [0.15, 0.2) is 0 Å². The molecule has 0 aliphatic carbocycles. The lowest BCUT2D eigenvalue weighted by Crippen LogP contribution is -2.54. The van der Waals surface area contributed by atoms with Gasteiger partial charge in [0.05, 0.1) is 5.69 Å². The Morgan fingerprint density at radius 1 is 1.41 bits per heavy atom. The van der Waals surface area contributed by atoms with E-state index in [0.29, 0.717) is 5.92 Å². The molecule has 2 nitrogen and oxygen atoms in total.